The van der Waals surface area contributed by atoms with Crippen LogP contribution in [0, 0.1) is 0 Å². The minimum Gasteiger partial charge on any atom is -0.369 e. The van der Waals surface area contributed by atoms with E-state index in [2.05, 4.69) is 43.0 Å². The number of nitrogens with zero attached hydrogens (tertiary/aromatic N) is 1. The molecule has 1 aliphatic heterocycles. The Hall–Kier alpha value is -1.02. The summed E-state index contributed by atoms with van der Waals surface area (Å²) >= 11 is 0. The van der Waals surface area contributed by atoms with Crippen molar-refractivity contribution in [2.24, 2.45) is 5.73 Å². The first-order valence-electron chi connectivity index (χ1n) is 6.24. The predicted molar refractivity (Wildman–Crippen MR) is 69.9 cm³/mol. The summed E-state index contributed by atoms with van der Waals surface area (Å²) in [5.41, 5.74) is 9.03. The predicted octanol–water partition coefficient (Wildman–Crippen LogP) is 2.57. The Kier molecular flexibility index (Phi) is 3.20. The molecule has 0 aromatic heterocycles. The zero-order chi connectivity index (χ0) is 11.6. The van der Waals surface area contributed by atoms with E-state index in [1.807, 2.05) is 0 Å². The van der Waals surface area contributed by atoms with Crippen LogP contribution < -0.4 is 10.6 Å². The monoisotopic (exact) mass is 218 g/mol. The van der Waals surface area contributed by atoms with Gasteiger partial charge in [-0.25, -0.2) is 0 Å². The van der Waals surface area contributed by atoms with E-state index in [1.54, 1.807) is 0 Å². The van der Waals surface area contributed by atoms with Gasteiger partial charge in [-0.2, -0.15) is 0 Å². The number of hydrogen-bond acceptors (Lipinski definition) is 2. The number of rotatable bonds is 2. The summed E-state index contributed by atoms with van der Waals surface area (Å²) in [4.78, 5) is 2.45. The smallest absolute Gasteiger partial charge is 0.0399 e. The highest BCUT2D eigenvalue weighted by Crippen LogP contribution is 2.27. The second-order valence-corrected chi connectivity index (χ2v) is 5.16. The summed E-state index contributed by atoms with van der Waals surface area (Å²) < 4.78 is 0. The van der Waals surface area contributed by atoms with Gasteiger partial charge in [0.1, 0.15) is 0 Å². The quantitative estimate of drug-likeness (QED) is 0.826. The van der Waals surface area contributed by atoms with Crippen molar-refractivity contribution < 1.29 is 0 Å². The molecular weight excluding hydrogens is 196 g/mol. The van der Waals surface area contributed by atoms with E-state index in [0.717, 1.165) is 25.9 Å². The lowest BCUT2D eigenvalue weighted by Gasteiger charge is -2.40. The third-order valence-electron chi connectivity index (χ3n) is 3.44. The molecule has 0 saturated carbocycles. The van der Waals surface area contributed by atoms with Crippen molar-refractivity contribution in [2.45, 2.75) is 38.6 Å². The van der Waals surface area contributed by atoms with Crippen LogP contribution in [0.1, 0.15) is 32.3 Å². The van der Waals surface area contributed by atoms with Crippen LogP contribution in [-0.2, 0) is 6.42 Å². The lowest BCUT2D eigenvalue weighted by molar-refractivity contribution is 0.374. The molecule has 0 amide bonds. The molecule has 0 spiro atoms. The van der Waals surface area contributed by atoms with Crippen molar-refractivity contribution in [3.05, 3.63) is 29.8 Å². The van der Waals surface area contributed by atoms with E-state index >= 15 is 0 Å². The summed E-state index contributed by atoms with van der Waals surface area (Å²) in [6.45, 7) is 6.49. The van der Waals surface area contributed by atoms with Crippen LogP contribution >= 0.6 is 0 Å². The molecule has 16 heavy (non-hydrogen) atoms. The normalized spacial score (nSPS) is 25.8. The number of aryl methyl sites for hydroxylation is 1. The van der Waals surface area contributed by atoms with Crippen molar-refractivity contribution >= 4 is 5.69 Å². The fraction of sp³-hybridized carbons (Fsp3) is 0.571. The van der Waals surface area contributed by atoms with Crippen LogP contribution in [-0.4, -0.2) is 18.6 Å². The van der Waals surface area contributed by atoms with Crippen molar-refractivity contribution in [2.75, 3.05) is 18.0 Å². The Morgan fingerprint density at radius 1 is 1.38 bits per heavy atom. The maximum absolute atomic E-state index is 6.26. The van der Waals surface area contributed by atoms with Crippen LogP contribution in [0.4, 0.5) is 5.69 Å². The van der Waals surface area contributed by atoms with Gasteiger partial charge in [0.2, 0.25) is 0 Å². The lowest BCUT2D eigenvalue weighted by Crippen LogP contribution is -2.52. The van der Waals surface area contributed by atoms with Crippen LogP contribution in [0.15, 0.2) is 24.3 Å². The minimum absolute atomic E-state index is 0.0287. The Balaban J connectivity index is 2.23. The highest BCUT2D eigenvalue weighted by Gasteiger charge is 2.27. The second kappa shape index (κ2) is 4.46. The average molecular weight is 218 g/mol. The lowest BCUT2D eigenvalue weighted by atomic mass is 9.91. The Bertz CT molecular complexity index is 358. The van der Waals surface area contributed by atoms with Gasteiger partial charge in [0.05, 0.1) is 0 Å². The average Bonchev–Trinajstić information content (AvgIpc) is 2.27. The molecule has 88 valence electrons. The summed E-state index contributed by atoms with van der Waals surface area (Å²) in [7, 11) is 0. The van der Waals surface area contributed by atoms with Crippen molar-refractivity contribution in [1.82, 2.24) is 0 Å². The largest absolute Gasteiger partial charge is 0.369 e. The van der Waals surface area contributed by atoms with Crippen molar-refractivity contribution in [1.29, 1.82) is 0 Å². The van der Waals surface area contributed by atoms with Crippen molar-refractivity contribution in [3.8, 4) is 0 Å². The van der Waals surface area contributed by atoms with E-state index in [0.29, 0.717) is 0 Å². The zero-order valence-electron chi connectivity index (χ0n) is 10.4. The fourth-order valence-electron chi connectivity index (χ4n) is 2.59. The molecule has 0 radical (unpaired) electrons. The van der Waals surface area contributed by atoms with E-state index in [-0.39, 0.29) is 5.54 Å². The summed E-state index contributed by atoms with van der Waals surface area (Å²) in [6, 6.07) is 8.68. The van der Waals surface area contributed by atoms with Gasteiger partial charge in [-0.05, 0) is 37.8 Å². The van der Waals surface area contributed by atoms with Gasteiger partial charge in [-0.3, -0.25) is 0 Å². The molecule has 1 heterocycles. The number of hydrogen-bond donors (Lipinski definition) is 1. The molecular formula is C14H22N2. The summed E-state index contributed by atoms with van der Waals surface area (Å²) in [5, 5.41) is 0. The standard InChI is InChI=1S/C14H22N2/c1-3-12-7-4-5-8-13(12)16-10-6-9-14(2,15)11-16/h4-5,7-8H,3,6,9-11,15H2,1-2H3. The number of anilines is 1. The van der Waals surface area contributed by atoms with Crippen molar-refractivity contribution in [3.63, 3.8) is 0 Å². The number of benzene rings is 1. The minimum atomic E-state index is -0.0287. The first-order valence-corrected chi connectivity index (χ1v) is 6.24. The van der Waals surface area contributed by atoms with Gasteiger partial charge < -0.3 is 10.6 Å². The first-order chi connectivity index (χ1) is 7.62. The zero-order valence-corrected chi connectivity index (χ0v) is 10.4. The maximum atomic E-state index is 6.26. The molecule has 1 atom stereocenters. The molecule has 0 aliphatic carbocycles. The molecule has 1 aromatic rings. The highest BCUT2D eigenvalue weighted by molar-refractivity contribution is 5.54. The van der Waals surface area contributed by atoms with Gasteiger partial charge in [0.25, 0.3) is 0 Å². The maximum Gasteiger partial charge on any atom is 0.0399 e. The molecule has 1 saturated heterocycles. The number of piperidine rings is 1. The molecule has 1 unspecified atom stereocenters. The van der Waals surface area contributed by atoms with Crippen LogP contribution in [0.25, 0.3) is 0 Å². The fourth-order valence-corrected chi connectivity index (χ4v) is 2.59. The van der Waals surface area contributed by atoms with Crippen LogP contribution in [0.5, 0.6) is 0 Å². The van der Waals surface area contributed by atoms with Gasteiger partial charge in [0, 0.05) is 24.3 Å². The Morgan fingerprint density at radius 2 is 2.12 bits per heavy atom. The van der Waals surface area contributed by atoms with E-state index in [1.165, 1.54) is 17.7 Å². The van der Waals surface area contributed by atoms with Crippen LogP contribution in [0.2, 0.25) is 0 Å². The molecule has 1 fully saturated rings. The highest BCUT2D eigenvalue weighted by atomic mass is 15.2. The topological polar surface area (TPSA) is 29.3 Å². The molecule has 2 rings (SSSR count). The third-order valence-corrected chi connectivity index (χ3v) is 3.44. The Labute approximate surface area is 98.4 Å². The van der Waals surface area contributed by atoms with Gasteiger partial charge in [-0.15, -0.1) is 0 Å². The first kappa shape index (κ1) is 11.5. The van der Waals surface area contributed by atoms with E-state index in [9.17, 15) is 0 Å². The molecule has 2 heteroatoms. The Morgan fingerprint density at radius 3 is 2.81 bits per heavy atom. The van der Waals surface area contributed by atoms with Crippen LogP contribution in [0.3, 0.4) is 0 Å². The molecule has 0 bridgehead atoms. The second-order valence-electron chi connectivity index (χ2n) is 5.16. The summed E-state index contributed by atoms with van der Waals surface area (Å²) in [6.07, 6.45) is 3.43. The van der Waals surface area contributed by atoms with Gasteiger partial charge >= 0.3 is 0 Å². The number of para-hydroxylation sites is 1. The molecule has 1 aliphatic rings. The molecule has 2 N–H and O–H groups in total. The SMILES string of the molecule is CCc1ccccc1N1CCCC(C)(N)C1. The summed E-state index contributed by atoms with van der Waals surface area (Å²) in [5.74, 6) is 0. The van der Waals surface area contributed by atoms with Gasteiger partial charge in [0.15, 0.2) is 0 Å². The van der Waals surface area contributed by atoms with E-state index < -0.39 is 0 Å². The third kappa shape index (κ3) is 2.38. The molecule has 1 aromatic carbocycles. The van der Waals surface area contributed by atoms with Gasteiger partial charge in [-0.1, -0.05) is 25.1 Å². The van der Waals surface area contributed by atoms with E-state index in [4.69, 9.17) is 5.73 Å². The molecule has 2 nitrogen and oxygen atoms in total. The number of nitrogens with two attached hydrogens (primary N) is 1.